The first kappa shape index (κ1) is 35.5. The van der Waals surface area contributed by atoms with Crippen LogP contribution >= 0.6 is 0 Å². The van der Waals surface area contributed by atoms with Crippen molar-refractivity contribution in [1.29, 1.82) is 0 Å². The Morgan fingerprint density at radius 1 is 0.274 bits per heavy atom. The molecule has 0 amide bonds. The molecule has 0 aliphatic heterocycles. The molecule has 12 aromatic rings. The van der Waals surface area contributed by atoms with Crippen LogP contribution in [0.15, 0.2) is 223 Å². The Labute approximate surface area is 357 Å². The summed E-state index contributed by atoms with van der Waals surface area (Å²) in [6, 6.07) is 76.3. The SMILES string of the molecule is c1ccc(-c2ccc(-n3c4ccccc4c4cc5c(cc43)oc3cc(-c4nc(-c6cccc(-c7ccccc7)c6)nc(-c6cccc(-c7ccccc7)c6)n4)ccc35)cc2)cc1. The predicted octanol–water partition coefficient (Wildman–Crippen LogP) is 14.9. The van der Waals surface area contributed by atoms with Gasteiger partial charge < -0.3 is 8.98 Å². The first-order valence-electron chi connectivity index (χ1n) is 20.8. The van der Waals surface area contributed by atoms with Crippen LogP contribution in [0.25, 0.3) is 117 Å². The Morgan fingerprint density at radius 2 is 0.726 bits per heavy atom. The van der Waals surface area contributed by atoms with E-state index < -0.39 is 0 Å². The molecule has 5 heteroatoms. The molecule has 5 nitrogen and oxygen atoms in total. The van der Waals surface area contributed by atoms with E-state index in [9.17, 15) is 0 Å². The van der Waals surface area contributed by atoms with Crippen LogP contribution in [0, 0.1) is 0 Å². The summed E-state index contributed by atoms with van der Waals surface area (Å²) in [6.07, 6.45) is 0. The summed E-state index contributed by atoms with van der Waals surface area (Å²) >= 11 is 0. The highest BCUT2D eigenvalue weighted by Crippen LogP contribution is 2.40. The van der Waals surface area contributed by atoms with Gasteiger partial charge in [0.2, 0.25) is 0 Å². The molecule has 0 N–H and O–H groups in total. The molecule has 62 heavy (non-hydrogen) atoms. The molecule has 0 spiro atoms. The van der Waals surface area contributed by atoms with Crippen molar-refractivity contribution in [3.8, 4) is 73.2 Å². The lowest BCUT2D eigenvalue weighted by Gasteiger charge is -2.10. The van der Waals surface area contributed by atoms with Crippen molar-refractivity contribution in [2.45, 2.75) is 0 Å². The number of para-hydroxylation sites is 1. The van der Waals surface area contributed by atoms with Gasteiger partial charge in [-0.1, -0.05) is 164 Å². The number of hydrogen-bond donors (Lipinski definition) is 0. The molecule has 0 aliphatic carbocycles. The molecule has 9 aromatic carbocycles. The van der Waals surface area contributed by atoms with Crippen LogP contribution in [0.5, 0.6) is 0 Å². The van der Waals surface area contributed by atoms with Gasteiger partial charge in [0.25, 0.3) is 0 Å². The highest BCUT2D eigenvalue weighted by molar-refractivity contribution is 6.17. The first-order chi connectivity index (χ1) is 30.7. The van der Waals surface area contributed by atoms with E-state index in [1.165, 1.54) is 21.9 Å². The fraction of sp³-hybridized carbons (Fsp3) is 0. The molecule has 290 valence electrons. The van der Waals surface area contributed by atoms with Crippen molar-refractivity contribution in [2.75, 3.05) is 0 Å². The maximum atomic E-state index is 6.76. The molecule has 0 radical (unpaired) electrons. The average molecular weight is 793 g/mol. The zero-order chi connectivity index (χ0) is 41.0. The average Bonchev–Trinajstić information content (AvgIpc) is 3.88. The molecular formula is C57H36N4O. The topological polar surface area (TPSA) is 56.7 Å². The van der Waals surface area contributed by atoms with Gasteiger partial charge in [0.05, 0.1) is 11.0 Å². The lowest BCUT2D eigenvalue weighted by Crippen LogP contribution is -2.00. The van der Waals surface area contributed by atoms with Crippen molar-refractivity contribution in [2.24, 2.45) is 0 Å². The third kappa shape index (κ3) is 6.23. The molecule has 0 aliphatic rings. The van der Waals surface area contributed by atoms with E-state index in [1.54, 1.807) is 0 Å². The maximum absolute atomic E-state index is 6.76. The van der Waals surface area contributed by atoms with E-state index in [2.05, 4.69) is 211 Å². The molecule has 0 unspecified atom stereocenters. The minimum atomic E-state index is 0.573. The van der Waals surface area contributed by atoms with Crippen LogP contribution in [-0.2, 0) is 0 Å². The fourth-order valence-electron chi connectivity index (χ4n) is 8.79. The van der Waals surface area contributed by atoms with E-state index in [4.69, 9.17) is 19.4 Å². The highest BCUT2D eigenvalue weighted by atomic mass is 16.3. The van der Waals surface area contributed by atoms with Crippen LogP contribution in [0.4, 0.5) is 0 Å². The zero-order valence-corrected chi connectivity index (χ0v) is 33.5. The summed E-state index contributed by atoms with van der Waals surface area (Å²) < 4.78 is 9.10. The fourth-order valence-corrected chi connectivity index (χ4v) is 8.79. The lowest BCUT2D eigenvalue weighted by atomic mass is 10.0. The summed E-state index contributed by atoms with van der Waals surface area (Å²) in [7, 11) is 0. The van der Waals surface area contributed by atoms with Gasteiger partial charge in [-0.2, -0.15) is 0 Å². The molecule has 3 aromatic heterocycles. The number of fused-ring (bicyclic) bond motifs is 6. The van der Waals surface area contributed by atoms with Crippen molar-refractivity contribution in [3.05, 3.63) is 218 Å². The van der Waals surface area contributed by atoms with Crippen LogP contribution in [0.1, 0.15) is 0 Å². The molecule has 12 rings (SSSR count). The number of aromatic nitrogens is 4. The number of hydrogen-bond acceptors (Lipinski definition) is 4. The number of benzene rings is 9. The summed E-state index contributed by atoms with van der Waals surface area (Å²) in [5, 5.41) is 4.47. The van der Waals surface area contributed by atoms with Crippen LogP contribution in [0.3, 0.4) is 0 Å². The van der Waals surface area contributed by atoms with Crippen LogP contribution in [0.2, 0.25) is 0 Å². The maximum Gasteiger partial charge on any atom is 0.164 e. The smallest absolute Gasteiger partial charge is 0.164 e. The van der Waals surface area contributed by atoms with Gasteiger partial charge >= 0.3 is 0 Å². The summed E-state index contributed by atoms with van der Waals surface area (Å²) in [5.74, 6) is 1.78. The Balaban J connectivity index is 0.994. The van der Waals surface area contributed by atoms with Crippen LogP contribution in [-0.4, -0.2) is 19.5 Å². The lowest BCUT2D eigenvalue weighted by molar-refractivity contribution is 0.669. The van der Waals surface area contributed by atoms with E-state index in [0.717, 1.165) is 77.6 Å². The molecule has 3 heterocycles. The quantitative estimate of drug-likeness (QED) is 0.161. The third-order valence-electron chi connectivity index (χ3n) is 11.8. The van der Waals surface area contributed by atoms with Crippen molar-refractivity contribution in [3.63, 3.8) is 0 Å². The Kier molecular flexibility index (Phi) is 8.42. The third-order valence-corrected chi connectivity index (χ3v) is 11.8. The van der Waals surface area contributed by atoms with E-state index >= 15 is 0 Å². The van der Waals surface area contributed by atoms with Crippen molar-refractivity contribution in [1.82, 2.24) is 19.5 Å². The predicted molar refractivity (Wildman–Crippen MR) is 254 cm³/mol. The normalized spacial score (nSPS) is 11.5. The Bertz CT molecular complexity index is 3510. The molecule has 0 saturated heterocycles. The van der Waals surface area contributed by atoms with E-state index in [1.807, 2.05) is 12.1 Å². The first-order valence-corrected chi connectivity index (χ1v) is 20.8. The number of furan rings is 1. The van der Waals surface area contributed by atoms with Crippen molar-refractivity contribution < 1.29 is 4.42 Å². The minimum absolute atomic E-state index is 0.573. The second-order valence-corrected chi connectivity index (χ2v) is 15.6. The Morgan fingerprint density at radius 3 is 1.32 bits per heavy atom. The van der Waals surface area contributed by atoms with E-state index in [0.29, 0.717) is 17.5 Å². The minimum Gasteiger partial charge on any atom is -0.456 e. The van der Waals surface area contributed by atoms with Crippen LogP contribution < -0.4 is 0 Å². The highest BCUT2D eigenvalue weighted by Gasteiger charge is 2.19. The number of rotatable bonds is 7. The van der Waals surface area contributed by atoms with Crippen molar-refractivity contribution >= 4 is 43.7 Å². The second-order valence-electron chi connectivity index (χ2n) is 15.6. The summed E-state index contributed by atoms with van der Waals surface area (Å²) in [5.41, 5.74) is 14.4. The van der Waals surface area contributed by atoms with Gasteiger partial charge in [0.1, 0.15) is 11.2 Å². The largest absolute Gasteiger partial charge is 0.456 e. The van der Waals surface area contributed by atoms with Gasteiger partial charge in [-0.15, -0.1) is 0 Å². The van der Waals surface area contributed by atoms with E-state index in [-0.39, 0.29) is 0 Å². The molecule has 0 saturated carbocycles. The summed E-state index contributed by atoms with van der Waals surface area (Å²) in [6.45, 7) is 0. The monoisotopic (exact) mass is 792 g/mol. The number of nitrogens with zero attached hydrogens (tertiary/aromatic N) is 4. The van der Waals surface area contributed by atoms with Gasteiger partial charge in [-0.3, -0.25) is 0 Å². The second kappa shape index (κ2) is 14.7. The van der Waals surface area contributed by atoms with Gasteiger partial charge in [-0.05, 0) is 81.9 Å². The molecule has 0 fully saturated rings. The van der Waals surface area contributed by atoms with Gasteiger partial charge in [-0.25, -0.2) is 15.0 Å². The summed E-state index contributed by atoms with van der Waals surface area (Å²) in [4.78, 5) is 15.4. The zero-order valence-electron chi connectivity index (χ0n) is 33.5. The van der Waals surface area contributed by atoms with Gasteiger partial charge in [0, 0.05) is 50.0 Å². The van der Waals surface area contributed by atoms with Gasteiger partial charge in [0.15, 0.2) is 17.5 Å². The Hall–Kier alpha value is -8.41. The molecular weight excluding hydrogens is 757 g/mol. The molecule has 0 atom stereocenters. The molecule has 0 bridgehead atoms. The standard InChI is InChI=1S/C57H36N4O/c1-4-14-37(15-5-1)40-26-29-46(30-27-40)61-51-25-11-10-24-47(51)49-35-50-48-31-28-45(34-53(48)62-54(50)36-52(49)61)57-59-55(43-22-12-20-41(32-43)38-16-6-2-7-17-38)58-56(60-57)44-23-13-21-42(33-44)39-18-8-3-9-19-39/h1-36H.